The van der Waals surface area contributed by atoms with Crippen LogP contribution in [0.2, 0.25) is 0 Å². The Morgan fingerprint density at radius 1 is 1.30 bits per heavy atom. The van der Waals surface area contributed by atoms with Crippen LogP contribution in [0, 0.1) is 17.1 Å². The fourth-order valence-corrected chi connectivity index (χ4v) is 2.52. The van der Waals surface area contributed by atoms with E-state index in [2.05, 4.69) is 0 Å². The zero-order chi connectivity index (χ0) is 16.8. The van der Waals surface area contributed by atoms with Gasteiger partial charge >= 0.3 is 0 Å². The van der Waals surface area contributed by atoms with E-state index >= 15 is 0 Å². The van der Waals surface area contributed by atoms with Gasteiger partial charge in [-0.3, -0.25) is 9.69 Å². The summed E-state index contributed by atoms with van der Waals surface area (Å²) < 4.78 is 14.1. The fraction of sp³-hybridized carbons (Fsp3) is 0.222. The molecular weight excluding hydrogens is 293 g/mol. The molecule has 1 amide bonds. The van der Waals surface area contributed by atoms with Gasteiger partial charge in [-0.1, -0.05) is 36.4 Å². The van der Waals surface area contributed by atoms with E-state index in [4.69, 9.17) is 11.0 Å². The second-order valence-electron chi connectivity index (χ2n) is 5.43. The molecule has 0 radical (unpaired) electrons. The normalized spacial score (nSPS) is 11.9. The number of carbonyl (C=O) groups is 1. The Bertz CT molecular complexity index is 725. The number of hydrogen-bond donors (Lipinski definition) is 1. The van der Waals surface area contributed by atoms with Crippen LogP contribution in [0.4, 0.5) is 4.39 Å². The van der Waals surface area contributed by atoms with E-state index in [-0.39, 0.29) is 18.0 Å². The lowest BCUT2D eigenvalue weighted by Gasteiger charge is -2.28. The van der Waals surface area contributed by atoms with Crippen molar-refractivity contribution in [3.63, 3.8) is 0 Å². The van der Waals surface area contributed by atoms with Crippen molar-refractivity contribution in [2.75, 3.05) is 7.05 Å². The van der Waals surface area contributed by atoms with Crippen molar-refractivity contribution in [1.82, 2.24) is 4.90 Å². The third-order valence-electron chi connectivity index (χ3n) is 3.71. The lowest BCUT2D eigenvalue weighted by Crippen LogP contribution is -2.29. The molecular formula is C18H18FN3O. The van der Waals surface area contributed by atoms with Gasteiger partial charge in [-0.05, 0) is 24.7 Å². The smallest absolute Gasteiger partial charge is 0.219 e. The molecule has 118 valence electrons. The SMILES string of the molecule is CN(Cc1ccc(C#N)cc1F)C(CC(N)=O)c1ccccc1. The minimum absolute atomic E-state index is 0.151. The van der Waals surface area contributed by atoms with Gasteiger partial charge in [-0.2, -0.15) is 5.26 Å². The quantitative estimate of drug-likeness (QED) is 0.891. The lowest BCUT2D eigenvalue weighted by atomic mass is 10.0. The first-order chi connectivity index (χ1) is 11.0. The summed E-state index contributed by atoms with van der Waals surface area (Å²) in [6.45, 7) is 0.310. The first-order valence-corrected chi connectivity index (χ1v) is 7.23. The average molecular weight is 311 g/mol. The van der Waals surface area contributed by atoms with Crippen molar-refractivity contribution in [2.45, 2.75) is 19.0 Å². The summed E-state index contributed by atoms with van der Waals surface area (Å²) in [5.41, 5.74) is 7.05. The highest BCUT2D eigenvalue weighted by atomic mass is 19.1. The summed E-state index contributed by atoms with van der Waals surface area (Å²) in [4.78, 5) is 13.3. The van der Waals surface area contributed by atoms with E-state index in [1.54, 1.807) is 12.1 Å². The Labute approximate surface area is 134 Å². The Morgan fingerprint density at radius 2 is 2.00 bits per heavy atom. The van der Waals surface area contributed by atoms with E-state index in [0.717, 1.165) is 5.56 Å². The molecule has 2 aromatic carbocycles. The highest BCUT2D eigenvalue weighted by Crippen LogP contribution is 2.25. The van der Waals surface area contributed by atoms with Gasteiger partial charge in [-0.15, -0.1) is 0 Å². The van der Waals surface area contributed by atoms with E-state index in [9.17, 15) is 9.18 Å². The molecule has 2 N–H and O–H groups in total. The summed E-state index contributed by atoms with van der Waals surface area (Å²) in [5.74, 6) is -0.840. The molecule has 0 saturated heterocycles. The van der Waals surface area contributed by atoms with Crippen LogP contribution in [0.5, 0.6) is 0 Å². The minimum atomic E-state index is -0.429. The molecule has 0 heterocycles. The number of carbonyl (C=O) groups excluding carboxylic acids is 1. The Morgan fingerprint density at radius 3 is 2.57 bits per heavy atom. The van der Waals surface area contributed by atoms with Crippen LogP contribution in [0.1, 0.15) is 29.2 Å². The molecule has 2 rings (SSSR count). The number of primary amides is 1. The minimum Gasteiger partial charge on any atom is -0.370 e. The van der Waals surface area contributed by atoms with Crippen LogP contribution in [0.3, 0.4) is 0 Å². The van der Waals surface area contributed by atoms with E-state index in [1.807, 2.05) is 48.3 Å². The largest absolute Gasteiger partial charge is 0.370 e. The first kappa shape index (κ1) is 16.7. The number of halogens is 1. The van der Waals surface area contributed by atoms with Crippen LogP contribution in [0.25, 0.3) is 0 Å². The maximum Gasteiger partial charge on any atom is 0.219 e. The number of nitriles is 1. The van der Waals surface area contributed by atoms with Crippen LogP contribution < -0.4 is 5.73 Å². The zero-order valence-electron chi connectivity index (χ0n) is 12.9. The third-order valence-corrected chi connectivity index (χ3v) is 3.71. The van der Waals surface area contributed by atoms with Gasteiger partial charge in [0.25, 0.3) is 0 Å². The summed E-state index contributed by atoms with van der Waals surface area (Å²) in [7, 11) is 1.82. The Balaban J connectivity index is 2.23. The third kappa shape index (κ3) is 4.38. The highest BCUT2D eigenvalue weighted by Gasteiger charge is 2.20. The van der Waals surface area contributed by atoms with Gasteiger partial charge in [0.15, 0.2) is 0 Å². The van der Waals surface area contributed by atoms with E-state index < -0.39 is 11.7 Å². The van der Waals surface area contributed by atoms with Gasteiger partial charge in [-0.25, -0.2) is 4.39 Å². The first-order valence-electron chi connectivity index (χ1n) is 7.23. The molecule has 2 aromatic rings. The monoisotopic (exact) mass is 311 g/mol. The lowest BCUT2D eigenvalue weighted by molar-refractivity contribution is -0.119. The number of benzene rings is 2. The number of amides is 1. The molecule has 1 atom stereocenters. The number of nitrogens with two attached hydrogens (primary N) is 1. The van der Waals surface area contributed by atoms with E-state index in [0.29, 0.717) is 12.1 Å². The molecule has 5 heteroatoms. The molecule has 0 aromatic heterocycles. The van der Waals surface area contributed by atoms with Crippen molar-refractivity contribution < 1.29 is 9.18 Å². The standard InChI is InChI=1S/C18H18FN3O/c1-22(12-15-8-7-13(11-20)9-16(15)19)17(10-18(21)23)14-5-3-2-4-6-14/h2-9,17H,10,12H2,1H3,(H2,21,23). The van der Waals surface area contributed by atoms with Crippen LogP contribution in [0.15, 0.2) is 48.5 Å². The summed E-state index contributed by atoms with van der Waals surface area (Å²) >= 11 is 0. The van der Waals surface area contributed by atoms with Gasteiger partial charge in [0.05, 0.1) is 11.6 Å². The maximum absolute atomic E-state index is 14.1. The van der Waals surface area contributed by atoms with E-state index in [1.165, 1.54) is 6.07 Å². The summed E-state index contributed by atoms with van der Waals surface area (Å²) in [5, 5.41) is 8.79. The highest BCUT2D eigenvalue weighted by molar-refractivity contribution is 5.74. The molecule has 0 aliphatic heterocycles. The topological polar surface area (TPSA) is 70.1 Å². The van der Waals surface area contributed by atoms with Gasteiger partial charge in [0, 0.05) is 24.6 Å². The molecule has 4 nitrogen and oxygen atoms in total. The second-order valence-corrected chi connectivity index (χ2v) is 5.43. The molecule has 0 fully saturated rings. The number of rotatable bonds is 6. The molecule has 0 bridgehead atoms. The average Bonchev–Trinajstić information content (AvgIpc) is 2.55. The molecule has 0 aliphatic rings. The van der Waals surface area contributed by atoms with Crippen molar-refractivity contribution in [1.29, 1.82) is 5.26 Å². The predicted octanol–water partition coefficient (Wildman–Crippen LogP) is 2.75. The van der Waals surface area contributed by atoms with Gasteiger partial charge in [0.1, 0.15) is 5.82 Å². The second kappa shape index (κ2) is 7.52. The summed E-state index contributed by atoms with van der Waals surface area (Å²) in [6, 6.07) is 15.6. The molecule has 1 unspecified atom stereocenters. The number of nitrogens with zero attached hydrogens (tertiary/aromatic N) is 2. The Hall–Kier alpha value is -2.71. The van der Waals surface area contributed by atoms with Crippen molar-refractivity contribution in [3.8, 4) is 6.07 Å². The van der Waals surface area contributed by atoms with Crippen LogP contribution in [-0.2, 0) is 11.3 Å². The van der Waals surface area contributed by atoms with Crippen molar-refractivity contribution >= 4 is 5.91 Å². The van der Waals surface area contributed by atoms with Crippen LogP contribution >= 0.6 is 0 Å². The predicted molar refractivity (Wildman–Crippen MR) is 85.6 cm³/mol. The van der Waals surface area contributed by atoms with Gasteiger partial charge in [0.2, 0.25) is 5.91 Å². The number of hydrogen-bond acceptors (Lipinski definition) is 3. The van der Waals surface area contributed by atoms with Crippen LogP contribution in [-0.4, -0.2) is 17.9 Å². The summed E-state index contributed by atoms with van der Waals surface area (Å²) in [6.07, 6.45) is 0.151. The maximum atomic E-state index is 14.1. The van der Waals surface area contributed by atoms with Gasteiger partial charge < -0.3 is 5.73 Å². The molecule has 0 spiro atoms. The molecule has 23 heavy (non-hydrogen) atoms. The fourth-order valence-electron chi connectivity index (χ4n) is 2.52. The van der Waals surface area contributed by atoms with Crippen molar-refractivity contribution in [2.24, 2.45) is 5.73 Å². The molecule has 0 aliphatic carbocycles. The van der Waals surface area contributed by atoms with Crippen molar-refractivity contribution in [3.05, 3.63) is 71.0 Å². The molecule has 0 saturated carbocycles. The zero-order valence-corrected chi connectivity index (χ0v) is 12.9. The Kier molecular flexibility index (Phi) is 5.45.